The molecule has 1 rings (SSSR count). The zero-order valence-electron chi connectivity index (χ0n) is 7.97. The van der Waals surface area contributed by atoms with Crippen molar-refractivity contribution >= 4 is 5.97 Å². The highest BCUT2D eigenvalue weighted by atomic mass is 17.2. The van der Waals surface area contributed by atoms with Crippen molar-refractivity contribution in [1.29, 1.82) is 0 Å². The van der Waals surface area contributed by atoms with Crippen LogP contribution in [0.3, 0.4) is 0 Å². The summed E-state index contributed by atoms with van der Waals surface area (Å²) < 4.78 is 0. The Labute approximate surface area is 82.9 Å². The smallest absolute Gasteiger partial charge is 0.293 e. The number of hydrogen-bond acceptors (Lipinski definition) is 3. The minimum Gasteiger partial charge on any atom is -0.293 e. The van der Waals surface area contributed by atoms with Gasteiger partial charge in [0.2, 0.25) is 0 Å². The second-order valence-electron chi connectivity index (χ2n) is 2.65. The zero-order chi connectivity index (χ0) is 10.2. The van der Waals surface area contributed by atoms with Gasteiger partial charge in [-0.1, -0.05) is 36.4 Å². The lowest BCUT2D eigenvalue weighted by Gasteiger charge is -2.00. The maximum absolute atomic E-state index is 10.8. The van der Waals surface area contributed by atoms with Gasteiger partial charge < -0.3 is 0 Å². The highest BCUT2D eigenvalue weighted by Crippen LogP contribution is 2.00. The Balaban J connectivity index is 2.25. The molecule has 0 aliphatic heterocycles. The average Bonchev–Trinajstić information content (AvgIpc) is 2.20. The number of benzene rings is 1. The molecule has 1 aromatic rings. The van der Waals surface area contributed by atoms with Crippen molar-refractivity contribution in [3.8, 4) is 0 Å². The standard InChI is InChI=1S/C11H12O3/c1-2-6-11(12)14-13-9-10-7-4-3-5-8-10/h2-8H,9H2,1H3. The van der Waals surface area contributed by atoms with Crippen molar-refractivity contribution in [2.75, 3.05) is 0 Å². The molecule has 0 spiro atoms. The van der Waals surface area contributed by atoms with Crippen LogP contribution in [0.2, 0.25) is 0 Å². The second-order valence-corrected chi connectivity index (χ2v) is 2.65. The Morgan fingerprint density at radius 3 is 2.71 bits per heavy atom. The van der Waals surface area contributed by atoms with Gasteiger partial charge >= 0.3 is 5.97 Å². The summed E-state index contributed by atoms with van der Waals surface area (Å²) in [6, 6.07) is 9.49. The van der Waals surface area contributed by atoms with Crippen LogP contribution in [0.15, 0.2) is 42.5 Å². The molecule has 0 fully saturated rings. The van der Waals surface area contributed by atoms with Crippen molar-refractivity contribution < 1.29 is 14.6 Å². The molecule has 0 aliphatic rings. The summed E-state index contributed by atoms with van der Waals surface area (Å²) in [6.07, 6.45) is 2.89. The van der Waals surface area contributed by atoms with Gasteiger partial charge in [0.05, 0.1) is 0 Å². The highest BCUT2D eigenvalue weighted by molar-refractivity contribution is 5.81. The van der Waals surface area contributed by atoms with Gasteiger partial charge in [-0.15, -0.1) is 0 Å². The van der Waals surface area contributed by atoms with Crippen molar-refractivity contribution in [3.05, 3.63) is 48.0 Å². The lowest BCUT2D eigenvalue weighted by molar-refractivity contribution is -0.275. The monoisotopic (exact) mass is 192 g/mol. The van der Waals surface area contributed by atoms with E-state index in [2.05, 4.69) is 4.89 Å². The molecular formula is C11H12O3. The van der Waals surface area contributed by atoms with E-state index in [1.165, 1.54) is 6.08 Å². The van der Waals surface area contributed by atoms with Gasteiger partial charge in [-0.05, 0) is 12.5 Å². The summed E-state index contributed by atoms with van der Waals surface area (Å²) in [5.41, 5.74) is 0.959. The first-order chi connectivity index (χ1) is 6.83. The molecular weight excluding hydrogens is 180 g/mol. The summed E-state index contributed by atoms with van der Waals surface area (Å²) in [5, 5.41) is 0. The maximum Gasteiger partial charge on any atom is 0.365 e. The Kier molecular flexibility index (Phi) is 4.44. The first-order valence-corrected chi connectivity index (χ1v) is 4.33. The minimum absolute atomic E-state index is 0.268. The highest BCUT2D eigenvalue weighted by Gasteiger charge is 1.97. The van der Waals surface area contributed by atoms with E-state index < -0.39 is 5.97 Å². The summed E-state index contributed by atoms with van der Waals surface area (Å²) in [5.74, 6) is -0.497. The molecule has 0 saturated heterocycles. The summed E-state index contributed by atoms with van der Waals surface area (Å²) >= 11 is 0. The molecule has 0 aliphatic carbocycles. The van der Waals surface area contributed by atoms with Crippen LogP contribution in [0.1, 0.15) is 12.5 Å². The number of carbonyl (C=O) groups excluding carboxylic acids is 1. The maximum atomic E-state index is 10.8. The molecule has 3 heteroatoms. The van der Waals surface area contributed by atoms with Gasteiger partial charge in [-0.2, -0.15) is 4.89 Å². The van der Waals surface area contributed by atoms with Crippen LogP contribution in [-0.4, -0.2) is 5.97 Å². The van der Waals surface area contributed by atoms with Crippen molar-refractivity contribution in [2.45, 2.75) is 13.5 Å². The predicted molar refractivity (Wildman–Crippen MR) is 52.1 cm³/mol. The third kappa shape index (κ3) is 3.87. The SMILES string of the molecule is CC=CC(=O)OOCc1ccccc1. The van der Waals surface area contributed by atoms with Gasteiger partial charge in [-0.3, -0.25) is 4.89 Å². The van der Waals surface area contributed by atoms with Gasteiger partial charge in [-0.25, -0.2) is 4.79 Å². The molecule has 0 saturated carbocycles. The fraction of sp³-hybridized carbons (Fsp3) is 0.182. The van der Waals surface area contributed by atoms with Gasteiger partial charge in [0.25, 0.3) is 0 Å². The van der Waals surface area contributed by atoms with E-state index in [-0.39, 0.29) is 6.61 Å². The first-order valence-electron chi connectivity index (χ1n) is 4.33. The van der Waals surface area contributed by atoms with Crippen LogP contribution in [0.4, 0.5) is 0 Å². The van der Waals surface area contributed by atoms with Crippen LogP contribution in [-0.2, 0) is 21.2 Å². The Morgan fingerprint density at radius 1 is 1.36 bits per heavy atom. The number of allylic oxidation sites excluding steroid dienone is 1. The molecule has 74 valence electrons. The van der Waals surface area contributed by atoms with Crippen LogP contribution in [0.25, 0.3) is 0 Å². The topological polar surface area (TPSA) is 35.5 Å². The Bertz CT molecular complexity index is 304. The van der Waals surface area contributed by atoms with E-state index in [1.54, 1.807) is 13.0 Å². The zero-order valence-corrected chi connectivity index (χ0v) is 7.97. The molecule has 0 atom stereocenters. The third-order valence-electron chi connectivity index (χ3n) is 1.51. The third-order valence-corrected chi connectivity index (χ3v) is 1.51. The Morgan fingerprint density at radius 2 is 2.07 bits per heavy atom. The molecule has 1 aromatic carbocycles. The molecule has 0 radical (unpaired) electrons. The van der Waals surface area contributed by atoms with Gasteiger partial charge in [0.1, 0.15) is 6.61 Å². The quantitative estimate of drug-likeness (QED) is 0.417. The molecule has 0 bridgehead atoms. The second kappa shape index (κ2) is 5.94. The van der Waals surface area contributed by atoms with Gasteiger partial charge in [0.15, 0.2) is 0 Å². The van der Waals surface area contributed by atoms with E-state index in [0.717, 1.165) is 5.56 Å². The molecule has 0 aromatic heterocycles. The largest absolute Gasteiger partial charge is 0.365 e. The van der Waals surface area contributed by atoms with E-state index in [0.29, 0.717) is 0 Å². The van der Waals surface area contributed by atoms with Gasteiger partial charge in [0, 0.05) is 6.08 Å². The first kappa shape index (κ1) is 10.5. The molecule has 0 amide bonds. The minimum atomic E-state index is -0.497. The summed E-state index contributed by atoms with van der Waals surface area (Å²) in [6.45, 7) is 2.00. The molecule has 0 N–H and O–H groups in total. The summed E-state index contributed by atoms with van der Waals surface area (Å²) in [7, 11) is 0. The fourth-order valence-electron chi connectivity index (χ4n) is 0.894. The normalized spacial score (nSPS) is 10.4. The van der Waals surface area contributed by atoms with Crippen molar-refractivity contribution in [3.63, 3.8) is 0 Å². The van der Waals surface area contributed by atoms with Crippen LogP contribution >= 0.6 is 0 Å². The molecule has 14 heavy (non-hydrogen) atoms. The van der Waals surface area contributed by atoms with Crippen LogP contribution < -0.4 is 0 Å². The molecule has 0 unspecified atom stereocenters. The molecule has 3 nitrogen and oxygen atoms in total. The number of rotatable bonds is 4. The number of carbonyl (C=O) groups is 1. The van der Waals surface area contributed by atoms with E-state index >= 15 is 0 Å². The Hall–Kier alpha value is -1.61. The lowest BCUT2D eigenvalue weighted by Crippen LogP contribution is -2.01. The van der Waals surface area contributed by atoms with Crippen LogP contribution in [0.5, 0.6) is 0 Å². The van der Waals surface area contributed by atoms with Crippen LogP contribution in [0, 0.1) is 0 Å². The molecule has 0 heterocycles. The van der Waals surface area contributed by atoms with E-state index in [1.807, 2.05) is 30.3 Å². The predicted octanol–water partition coefficient (Wildman–Crippen LogP) is 2.24. The summed E-state index contributed by atoms with van der Waals surface area (Å²) in [4.78, 5) is 20.0. The lowest BCUT2D eigenvalue weighted by atomic mass is 10.2. The number of hydrogen-bond donors (Lipinski definition) is 0. The fourth-order valence-corrected chi connectivity index (χ4v) is 0.894. The van der Waals surface area contributed by atoms with Crippen molar-refractivity contribution in [1.82, 2.24) is 0 Å². The van der Waals surface area contributed by atoms with E-state index in [9.17, 15) is 4.79 Å². The average molecular weight is 192 g/mol. The van der Waals surface area contributed by atoms with E-state index in [4.69, 9.17) is 4.89 Å². The van der Waals surface area contributed by atoms with Crippen molar-refractivity contribution in [2.24, 2.45) is 0 Å².